The Balaban J connectivity index is 2.45. The molecule has 4 nitrogen and oxygen atoms in total. The Bertz CT molecular complexity index is 408. The molecule has 1 aromatic heterocycles. The monoisotopic (exact) mass is 270 g/mol. The molecule has 1 aliphatic rings. The number of ether oxygens (including phenoxy) is 1. The second-order valence-electron chi connectivity index (χ2n) is 3.37. The summed E-state index contributed by atoms with van der Waals surface area (Å²) in [5.41, 5.74) is 0. The van der Waals surface area contributed by atoms with Crippen molar-refractivity contribution in [1.29, 1.82) is 0 Å². The van der Waals surface area contributed by atoms with Crippen molar-refractivity contribution in [3.63, 3.8) is 0 Å². The van der Waals surface area contributed by atoms with E-state index in [1.165, 1.54) is 4.90 Å². The summed E-state index contributed by atoms with van der Waals surface area (Å²) in [6, 6.07) is 3.62. The zero-order valence-electron chi connectivity index (χ0n) is 8.53. The van der Waals surface area contributed by atoms with Crippen LogP contribution in [0.4, 0.5) is 5.82 Å². The van der Waals surface area contributed by atoms with E-state index in [1.807, 2.05) is 13.0 Å². The lowest BCUT2D eigenvalue weighted by atomic mass is 10.2. The average Bonchev–Trinajstić information content (AvgIpc) is 2.24. The van der Waals surface area contributed by atoms with Crippen LogP contribution in [0, 0.1) is 0 Å². The maximum Gasteiger partial charge on any atom is 0.269 e. The standard InChI is InChI=1S/C10H11BrN2O2/c1-3-6-10(14)13(2)9-7(15-6)4-5-8(11)12-9/h4-6H,3H2,1-2H3. The van der Waals surface area contributed by atoms with Gasteiger partial charge in [0, 0.05) is 7.05 Å². The summed E-state index contributed by atoms with van der Waals surface area (Å²) < 4.78 is 6.24. The van der Waals surface area contributed by atoms with Crippen molar-refractivity contribution in [2.45, 2.75) is 19.4 Å². The first-order valence-electron chi connectivity index (χ1n) is 4.74. The Morgan fingerprint density at radius 1 is 1.60 bits per heavy atom. The Hall–Kier alpha value is -1.10. The molecule has 15 heavy (non-hydrogen) atoms. The van der Waals surface area contributed by atoms with E-state index >= 15 is 0 Å². The summed E-state index contributed by atoms with van der Waals surface area (Å²) in [7, 11) is 1.71. The Morgan fingerprint density at radius 3 is 3.00 bits per heavy atom. The van der Waals surface area contributed by atoms with Gasteiger partial charge in [0.05, 0.1) is 0 Å². The van der Waals surface area contributed by atoms with E-state index < -0.39 is 0 Å². The molecule has 1 aromatic rings. The minimum atomic E-state index is -0.384. The third-order valence-electron chi connectivity index (χ3n) is 2.37. The lowest BCUT2D eigenvalue weighted by molar-refractivity contribution is -0.126. The summed E-state index contributed by atoms with van der Waals surface area (Å²) in [6.07, 6.45) is 0.282. The van der Waals surface area contributed by atoms with Gasteiger partial charge < -0.3 is 4.74 Å². The van der Waals surface area contributed by atoms with Gasteiger partial charge in [-0.05, 0) is 34.5 Å². The largest absolute Gasteiger partial charge is 0.477 e. The van der Waals surface area contributed by atoms with E-state index in [-0.39, 0.29) is 12.0 Å². The highest BCUT2D eigenvalue weighted by Gasteiger charge is 2.31. The molecule has 2 rings (SSSR count). The lowest BCUT2D eigenvalue weighted by Crippen LogP contribution is -2.43. The van der Waals surface area contributed by atoms with Gasteiger partial charge in [0.2, 0.25) is 0 Å². The van der Waals surface area contributed by atoms with Crippen molar-refractivity contribution in [2.24, 2.45) is 0 Å². The molecule has 1 unspecified atom stereocenters. The summed E-state index contributed by atoms with van der Waals surface area (Å²) in [5, 5.41) is 0. The number of likely N-dealkylation sites (N-methyl/N-ethyl adjacent to an activating group) is 1. The number of hydrogen-bond donors (Lipinski definition) is 0. The quantitative estimate of drug-likeness (QED) is 0.733. The smallest absolute Gasteiger partial charge is 0.269 e. The van der Waals surface area contributed by atoms with Crippen LogP contribution in [0.2, 0.25) is 0 Å². The molecule has 0 saturated carbocycles. The molecule has 1 aliphatic heterocycles. The number of carbonyl (C=O) groups excluding carboxylic acids is 1. The maximum atomic E-state index is 11.8. The van der Waals surface area contributed by atoms with Gasteiger partial charge in [-0.25, -0.2) is 4.98 Å². The number of anilines is 1. The fraction of sp³-hybridized carbons (Fsp3) is 0.400. The first-order valence-corrected chi connectivity index (χ1v) is 5.53. The van der Waals surface area contributed by atoms with Gasteiger partial charge in [0.25, 0.3) is 5.91 Å². The van der Waals surface area contributed by atoms with Gasteiger partial charge in [-0.2, -0.15) is 0 Å². The Kier molecular flexibility index (Phi) is 2.65. The molecule has 0 bridgehead atoms. The fourth-order valence-corrected chi connectivity index (χ4v) is 1.83. The normalized spacial score (nSPS) is 19.8. The lowest BCUT2D eigenvalue weighted by Gasteiger charge is -2.30. The zero-order chi connectivity index (χ0) is 11.0. The molecule has 0 saturated heterocycles. The molecule has 0 N–H and O–H groups in total. The first-order chi connectivity index (χ1) is 7.13. The highest BCUT2D eigenvalue weighted by atomic mass is 79.9. The predicted molar refractivity (Wildman–Crippen MR) is 60.1 cm³/mol. The number of rotatable bonds is 1. The number of fused-ring (bicyclic) bond motifs is 1. The maximum absolute atomic E-state index is 11.8. The van der Waals surface area contributed by atoms with E-state index in [2.05, 4.69) is 20.9 Å². The van der Waals surface area contributed by atoms with Crippen LogP contribution >= 0.6 is 15.9 Å². The van der Waals surface area contributed by atoms with Crippen LogP contribution in [0.1, 0.15) is 13.3 Å². The number of carbonyl (C=O) groups is 1. The second-order valence-corrected chi connectivity index (χ2v) is 4.18. The van der Waals surface area contributed by atoms with Crippen LogP contribution in [0.3, 0.4) is 0 Å². The number of halogens is 1. The summed E-state index contributed by atoms with van der Waals surface area (Å²) >= 11 is 3.27. The molecule has 2 heterocycles. The highest BCUT2D eigenvalue weighted by molar-refractivity contribution is 9.10. The Labute approximate surface area is 96.4 Å². The Morgan fingerprint density at radius 2 is 2.33 bits per heavy atom. The van der Waals surface area contributed by atoms with Gasteiger partial charge in [-0.3, -0.25) is 9.69 Å². The number of amides is 1. The van der Waals surface area contributed by atoms with Crippen molar-refractivity contribution in [3.8, 4) is 5.75 Å². The van der Waals surface area contributed by atoms with Crippen LogP contribution < -0.4 is 9.64 Å². The third kappa shape index (κ3) is 1.71. The second kappa shape index (κ2) is 3.81. The first kappa shape index (κ1) is 10.4. The molecule has 1 amide bonds. The number of pyridine rings is 1. The molecule has 1 atom stereocenters. The topological polar surface area (TPSA) is 42.4 Å². The summed E-state index contributed by atoms with van der Waals surface area (Å²) in [6.45, 7) is 1.92. The number of aromatic nitrogens is 1. The van der Waals surface area contributed by atoms with E-state index in [0.717, 1.165) is 0 Å². The van der Waals surface area contributed by atoms with Crippen LogP contribution in [0.5, 0.6) is 5.75 Å². The molecule has 5 heteroatoms. The van der Waals surface area contributed by atoms with Gasteiger partial charge in [-0.1, -0.05) is 6.92 Å². The van der Waals surface area contributed by atoms with Crippen molar-refractivity contribution < 1.29 is 9.53 Å². The molecular weight excluding hydrogens is 260 g/mol. The molecule has 0 aliphatic carbocycles. The van der Waals surface area contributed by atoms with E-state index in [9.17, 15) is 4.79 Å². The van der Waals surface area contributed by atoms with Crippen LogP contribution in [0.15, 0.2) is 16.7 Å². The van der Waals surface area contributed by atoms with Gasteiger partial charge >= 0.3 is 0 Å². The molecule has 0 aromatic carbocycles. The molecule has 80 valence electrons. The molecular formula is C10H11BrN2O2. The molecule has 0 radical (unpaired) electrons. The van der Waals surface area contributed by atoms with Crippen LogP contribution in [0.25, 0.3) is 0 Å². The summed E-state index contributed by atoms with van der Waals surface area (Å²) in [4.78, 5) is 17.5. The van der Waals surface area contributed by atoms with E-state index in [0.29, 0.717) is 22.6 Å². The van der Waals surface area contributed by atoms with Gasteiger partial charge in [0.1, 0.15) is 4.60 Å². The summed E-state index contributed by atoms with van der Waals surface area (Å²) in [5.74, 6) is 1.18. The minimum absolute atomic E-state index is 0.0457. The fourth-order valence-electron chi connectivity index (χ4n) is 1.53. The van der Waals surface area contributed by atoms with Crippen molar-refractivity contribution in [1.82, 2.24) is 4.98 Å². The molecule has 0 spiro atoms. The average molecular weight is 271 g/mol. The SMILES string of the molecule is CCC1Oc2ccc(Br)nc2N(C)C1=O. The van der Waals surface area contributed by atoms with Crippen LogP contribution in [-0.2, 0) is 4.79 Å². The van der Waals surface area contributed by atoms with Crippen molar-refractivity contribution in [3.05, 3.63) is 16.7 Å². The minimum Gasteiger partial charge on any atom is -0.477 e. The number of hydrogen-bond acceptors (Lipinski definition) is 3. The highest BCUT2D eigenvalue weighted by Crippen LogP contribution is 2.32. The molecule has 0 fully saturated rings. The van der Waals surface area contributed by atoms with Crippen molar-refractivity contribution in [2.75, 3.05) is 11.9 Å². The third-order valence-corrected chi connectivity index (χ3v) is 2.81. The van der Waals surface area contributed by atoms with Crippen molar-refractivity contribution >= 4 is 27.7 Å². The predicted octanol–water partition coefficient (Wildman–Crippen LogP) is 1.98. The van der Waals surface area contributed by atoms with E-state index in [1.54, 1.807) is 13.1 Å². The van der Waals surface area contributed by atoms with E-state index in [4.69, 9.17) is 4.74 Å². The van der Waals surface area contributed by atoms with Gasteiger partial charge in [0.15, 0.2) is 17.7 Å². The number of nitrogens with zero attached hydrogens (tertiary/aromatic N) is 2. The zero-order valence-corrected chi connectivity index (χ0v) is 10.1. The van der Waals surface area contributed by atoms with Gasteiger partial charge in [-0.15, -0.1) is 0 Å². The van der Waals surface area contributed by atoms with Crippen LogP contribution in [-0.4, -0.2) is 24.0 Å².